The second-order valence-corrected chi connectivity index (χ2v) is 7.52. The van der Waals surface area contributed by atoms with Gasteiger partial charge in [0.05, 0.1) is 20.6 Å². The molecule has 3 rings (SSSR count). The topological polar surface area (TPSA) is 38.8 Å². The van der Waals surface area contributed by atoms with Gasteiger partial charge in [0.25, 0.3) is 0 Å². The Morgan fingerprint density at radius 3 is 2.19 bits per heavy atom. The van der Waals surface area contributed by atoms with Crippen molar-refractivity contribution in [1.29, 1.82) is 0 Å². The maximum Gasteiger partial charge on any atom is 0.227 e. The number of hydrogen-bond donors (Lipinski definition) is 0. The molecule has 1 saturated carbocycles. The fourth-order valence-corrected chi connectivity index (χ4v) is 3.28. The predicted octanol–water partition coefficient (Wildman–Crippen LogP) is 4.56. The van der Waals surface area contributed by atoms with Crippen LogP contribution in [0.4, 0.5) is 0 Å². The van der Waals surface area contributed by atoms with Crippen molar-refractivity contribution in [2.24, 2.45) is 0 Å². The lowest BCUT2D eigenvalue weighted by molar-refractivity contribution is -0.131. The molecular formula is C23H29NO3. The first-order chi connectivity index (χ1) is 13.0. The molecule has 0 aromatic heterocycles. The summed E-state index contributed by atoms with van der Waals surface area (Å²) in [7, 11) is 3.23. The van der Waals surface area contributed by atoms with Gasteiger partial charge in [0.1, 0.15) is 0 Å². The van der Waals surface area contributed by atoms with Crippen LogP contribution in [0.3, 0.4) is 0 Å². The Bertz CT molecular complexity index is 779. The van der Waals surface area contributed by atoms with Crippen molar-refractivity contribution in [2.75, 3.05) is 14.2 Å². The molecule has 0 atom stereocenters. The third kappa shape index (κ3) is 4.82. The van der Waals surface area contributed by atoms with E-state index in [0.29, 0.717) is 36.4 Å². The average molecular weight is 367 g/mol. The standard InChI is InChI=1S/C23H29NO3/c1-16(2)19-8-5-17(6-9-19)15-24(20-10-11-20)23(25)14-18-7-12-21(26-3)22(13-18)27-4/h5-9,12-13,16,20H,10-11,14-15H2,1-4H3. The first kappa shape index (κ1) is 19.3. The van der Waals surface area contributed by atoms with Gasteiger partial charge in [0.15, 0.2) is 11.5 Å². The van der Waals surface area contributed by atoms with Gasteiger partial charge in [0.2, 0.25) is 5.91 Å². The van der Waals surface area contributed by atoms with Crippen LogP contribution in [0.5, 0.6) is 11.5 Å². The third-order valence-electron chi connectivity index (χ3n) is 5.11. The SMILES string of the molecule is COc1ccc(CC(=O)N(Cc2ccc(C(C)C)cc2)C2CC2)cc1OC. The molecule has 2 aromatic rings. The van der Waals surface area contributed by atoms with Gasteiger partial charge >= 0.3 is 0 Å². The first-order valence-electron chi connectivity index (χ1n) is 9.61. The van der Waals surface area contributed by atoms with Gasteiger partial charge < -0.3 is 14.4 Å². The summed E-state index contributed by atoms with van der Waals surface area (Å²) >= 11 is 0. The summed E-state index contributed by atoms with van der Waals surface area (Å²) in [5.41, 5.74) is 3.46. The zero-order valence-corrected chi connectivity index (χ0v) is 16.7. The fourth-order valence-electron chi connectivity index (χ4n) is 3.28. The van der Waals surface area contributed by atoms with E-state index in [4.69, 9.17) is 9.47 Å². The van der Waals surface area contributed by atoms with Crippen LogP contribution in [0, 0.1) is 0 Å². The fraction of sp³-hybridized carbons (Fsp3) is 0.435. The Balaban J connectivity index is 1.70. The number of rotatable bonds is 8. The van der Waals surface area contributed by atoms with Crippen LogP contribution >= 0.6 is 0 Å². The van der Waals surface area contributed by atoms with E-state index < -0.39 is 0 Å². The van der Waals surface area contributed by atoms with E-state index in [1.165, 1.54) is 11.1 Å². The summed E-state index contributed by atoms with van der Waals surface area (Å²) < 4.78 is 10.6. The molecule has 0 spiro atoms. The summed E-state index contributed by atoms with van der Waals surface area (Å²) in [6.07, 6.45) is 2.57. The molecule has 0 aliphatic heterocycles. The molecule has 27 heavy (non-hydrogen) atoms. The minimum atomic E-state index is 0.164. The highest BCUT2D eigenvalue weighted by molar-refractivity contribution is 5.79. The van der Waals surface area contributed by atoms with E-state index in [0.717, 1.165) is 18.4 Å². The number of hydrogen-bond acceptors (Lipinski definition) is 3. The highest BCUT2D eigenvalue weighted by Crippen LogP contribution is 2.31. The van der Waals surface area contributed by atoms with Crippen molar-refractivity contribution in [3.8, 4) is 11.5 Å². The minimum absolute atomic E-state index is 0.164. The average Bonchev–Trinajstić information content (AvgIpc) is 3.51. The van der Waals surface area contributed by atoms with Crippen molar-refractivity contribution in [2.45, 2.75) is 51.6 Å². The maximum absolute atomic E-state index is 13.0. The molecule has 1 amide bonds. The number of ether oxygens (including phenoxy) is 2. The van der Waals surface area contributed by atoms with Crippen molar-refractivity contribution in [1.82, 2.24) is 4.90 Å². The van der Waals surface area contributed by atoms with Crippen LogP contribution in [0.2, 0.25) is 0 Å². The highest BCUT2D eigenvalue weighted by Gasteiger charge is 2.32. The number of carbonyl (C=O) groups is 1. The van der Waals surface area contributed by atoms with Gasteiger partial charge in [-0.15, -0.1) is 0 Å². The normalized spacial score (nSPS) is 13.5. The zero-order valence-electron chi connectivity index (χ0n) is 16.7. The third-order valence-corrected chi connectivity index (χ3v) is 5.11. The molecule has 4 heteroatoms. The first-order valence-corrected chi connectivity index (χ1v) is 9.61. The van der Waals surface area contributed by atoms with Gasteiger partial charge in [-0.05, 0) is 47.6 Å². The van der Waals surface area contributed by atoms with Gasteiger partial charge in [0, 0.05) is 12.6 Å². The van der Waals surface area contributed by atoms with Crippen LogP contribution in [-0.2, 0) is 17.8 Å². The molecule has 1 aliphatic carbocycles. The molecule has 2 aromatic carbocycles. The van der Waals surface area contributed by atoms with Gasteiger partial charge in [-0.3, -0.25) is 4.79 Å². The predicted molar refractivity (Wildman–Crippen MR) is 107 cm³/mol. The molecule has 0 bridgehead atoms. The quantitative estimate of drug-likeness (QED) is 0.686. The van der Waals surface area contributed by atoms with Crippen LogP contribution in [-0.4, -0.2) is 31.1 Å². The Labute approximate surface area is 162 Å². The van der Waals surface area contributed by atoms with Crippen molar-refractivity contribution in [3.05, 3.63) is 59.2 Å². The van der Waals surface area contributed by atoms with E-state index in [2.05, 4.69) is 38.1 Å². The second kappa shape index (κ2) is 8.47. The Hall–Kier alpha value is -2.49. The Kier molecular flexibility index (Phi) is 6.04. The van der Waals surface area contributed by atoms with E-state index in [9.17, 15) is 4.79 Å². The van der Waals surface area contributed by atoms with Crippen LogP contribution < -0.4 is 9.47 Å². The van der Waals surface area contributed by atoms with Crippen LogP contribution in [0.15, 0.2) is 42.5 Å². The number of nitrogens with zero attached hydrogens (tertiary/aromatic N) is 1. The van der Waals surface area contributed by atoms with E-state index in [1.807, 2.05) is 23.1 Å². The molecule has 0 N–H and O–H groups in total. The van der Waals surface area contributed by atoms with Gasteiger partial charge in [-0.25, -0.2) is 0 Å². The van der Waals surface area contributed by atoms with Crippen molar-refractivity contribution >= 4 is 5.91 Å². The van der Waals surface area contributed by atoms with Crippen molar-refractivity contribution < 1.29 is 14.3 Å². The van der Waals surface area contributed by atoms with Gasteiger partial charge in [-0.1, -0.05) is 44.2 Å². The number of amides is 1. The number of carbonyl (C=O) groups excluding carboxylic acids is 1. The summed E-state index contributed by atoms with van der Waals surface area (Å²) in [5, 5.41) is 0. The molecule has 0 heterocycles. The van der Waals surface area contributed by atoms with Crippen molar-refractivity contribution in [3.63, 3.8) is 0 Å². The Morgan fingerprint density at radius 2 is 1.63 bits per heavy atom. The molecule has 4 nitrogen and oxygen atoms in total. The number of methoxy groups -OCH3 is 2. The summed E-state index contributed by atoms with van der Waals surface area (Å²) in [4.78, 5) is 15.0. The summed E-state index contributed by atoms with van der Waals surface area (Å²) in [5.74, 6) is 2.02. The monoisotopic (exact) mass is 367 g/mol. The van der Waals surface area contributed by atoms with Gasteiger partial charge in [-0.2, -0.15) is 0 Å². The molecule has 144 valence electrons. The molecule has 0 saturated heterocycles. The molecule has 1 aliphatic rings. The van der Waals surface area contributed by atoms with E-state index >= 15 is 0 Å². The lowest BCUT2D eigenvalue weighted by Crippen LogP contribution is -2.33. The zero-order chi connectivity index (χ0) is 19.4. The minimum Gasteiger partial charge on any atom is -0.493 e. The van der Waals surface area contributed by atoms with E-state index in [1.54, 1.807) is 14.2 Å². The smallest absolute Gasteiger partial charge is 0.227 e. The lowest BCUT2D eigenvalue weighted by Gasteiger charge is -2.23. The molecular weight excluding hydrogens is 338 g/mol. The summed E-state index contributed by atoms with van der Waals surface area (Å²) in [6.45, 7) is 5.06. The molecule has 0 radical (unpaired) electrons. The summed E-state index contributed by atoms with van der Waals surface area (Å²) in [6, 6.07) is 14.7. The maximum atomic E-state index is 13.0. The second-order valence-electron chi connectivity index (χ2n) is 7.52. The lowest BCUT2D eigenvalue weighted by atomic mass is 10.0. The number of benzene rings is 2. The molecule has 1 fully saturated rings. The highest BCUT2D eigenvalue weighted by atomic mass is 16.5. The molecule has 0 unspecified atom stereocenters. The van der Waals surface area contributed by atoms with E-state index in [-0.39, 0.29) is 5.91 Å². The van der Waals surface area contributed by atoms with Crippen LogP contribution in [0.1, 0.15) is 49.3 Å². The largest absolute Gasteiger partial charge is 0.493 e. The Morgan fingerprint density at radius 1 is 1.00 bits per heavy atom. The van der Waals surface area contributed by atoms with Crippen LogP contribution in [0.25, 0.3) is 0 Å².